The smallest absolute Gasteiger partial charge is 0.401 e. The highest BCUT2D eigenvalue weighted by atomic mass is 19.4. The molecule has 2 unspecified atom stereocenters. The molecule has 1 rings (SSSR count). The Balaban J connectivity index is 2.69. The Bertz CT molecular complexity index is 336. The van der Waals surface area contributed by atoms with Crippen LogP contribution in [0.3, 0.4) is 0 Å². The van der Waals surface area contributed by atoms with Gasteiger partial charge in [0.1, 0.15) is 0 Å². The van der Waals surface area contributed by atoms with Crippen LogP contribution in [0.5, 0.6) is 0 Å². The molecular weight excluding hydrogens is 277 g/mol. The molecule has 0 radical (unpaired) electrons. The van der Waals surface area contributed by atoms with Crippen LogP contribution < -0.4 is 5.32 Å². The predicted octanol–water partition coefficient (Wildman–Crippen LogP) is 0.938. The fourth-order valence-electron chi connectivity index (χ4n) is 2.27. The number of ether oxygens (including phenoxy) is 1. The van der Waals surface area contributed by atoms with Gasteiger partial charge in [0.15, 0.2) is 0 Å². The highest BCUT2D eigenvalue weighted by Crippen LogP contribution is 2.20. The van der Waals surface area contributed by atoms with Gasteiger partial charge >= 0.3 is 12.1 Å². The topological polar surface area (TPSA) is 58.6 Å². The van der Waals surface area contributed by atoms with Gasteiger partial charge in [0, 0.05) is 25.6 Å². The lowest BCUT2D eigenvalue weighted by atomic mass is 9.94. The lowest BCUT2D eigenvalue weighted by molar-refractivity contribution is -0.150. The van der Waals surface area contributed by atoms with Gasteiger partial charge in [-0.15, -0.1) is 0 Å². The summed E-state index contributed by atoms with van der Waals surface area (Å²) in [7, 11) is 1.22. The van der Waals surface area contributed by atoms with E-state index in [9.17, 15) is 22.8 Å². The summed E-state index contributed by atoms with van der Waals surface area (Å²) in [6.45, 7) is 0.905. The van der Waals surface area contributed by atoms with Crippen molar-refractivity contribution in [2.75, 3.05) is 26.7 Å². The van der Waals surface area contributed by atoms with Crippen LogP contribution in [0, 0.1) is 5.92 Å². The molecule has 0 spiro atoms. The van der Waals surface area contributed by atoms with E-state index in [-0.39, 0.29) is 31.8 Å². The van der Waals surface area contributed by atoms with Crippen molar-refractivity contribution in [2.45, 2.75) is 32.0 Å². The molecule has 5 nitrogen and oxygen atoms in total. The zero-order chi connectivity index (χ0) is 15.3. The van der Waals surface area contributed by atoms with Crippen molar-refractivity contribution >= 4 is 11.9 Å². The van der Waals surface area contributed by atoms with Gasteiger partial charge in [-0.1, -0.05) is 6.92 Å². The number of esters is 1. The van der Waals surface area contributed by atoms with Gasteiger partial charge < -0.3 is 15.0 Å². The first-order valence-electron chi connectivity index (χ1n) is 6.42. The summed E-state index contributed by atoms with van der Waals surface area (Å²) in [6, 6.07) is -0.565. The fourth-order valence-corrected chi connectivity index (χ4v) is 2.27. The average molecular weight is 296 g/mol. The van der Waals surface area contributed by atoms with Crippen LogP contribution in [-0.2, 0) is 14.3 Å². The van der Waals surface area contributed by atoms with Gasteiger partial charge in [-0.25, -0.2) is 0 Å². The summed E-state index contributed by atoms with van der Waals surface area (Å²) in [6.07, 6.45) is -3.84. The Hall–Kier alpha value is -1.31. The summed E-state index contributed by atoms with van der Waals surface area (Å²) in [4.78, 5) is 24.7. The van der Waals surface area contributed by atoms with E-state index in [1.807, 2.05) is 0 Å². The van der Waals surface area contributed by atoms with Crippen molar-refractivity contribution in [1.82, 2.24) is 10.2 Å². The molecule has 8 heteroatoms. The number of carbonyl (C=O) groups is 2. The minimum Gasteiger partial charge on any atom is -0.469 e. The number of nitrogens with one attached hydrogen (secondary N) is 1. The lowest BCUT2D eigenvalue weighted by Crippen LogP contribution is -2.54. The molecule has 0 aliphatic carbocycles. The molecule has 1 heterocycles. The summed E-state index contributed by atoms with van der Waals surface area (Å²) in [5.74, 6) is -1.27. The number of likely N-dealkylation sites (tertiary alicyclic amines) is 1. The van der Waals surface area contributed by atoms with Gasteiger partial charge in [-0.2, -0.15) is 13.2 Å². The molecule has 1 aliphatic rings. The average Bonchev–Trinajstić information content (AvgIpc) is 2.42. The first kappa shape index (κ1) is 16.7. The molecule has 1 saturated heterocycles. The van der Waals surface area contributed by atoms with Crippen LogP contribution in [0.4, 0.5) is 13.2 Å². The summed E-state index contributed by atoms with van der Waals surface area (Å²) in [5.41, 5.74) is 0. The first-order chi connectivity index (χ1) is 9.26. The molecule has 116 valence electrons. The number of hydrogen-bond donors (Lipinski definition) is 1. The number of nitrogens with zero attached hydrogens (tertiary/aromatic N) is 1. The Morgan fingerprint density at radius 3 is 2.50 bits per heavy atom. The van der Waals surface area contributed by atoms with Gasteiger partial charge in [0.25, 0.3) is 0 Å². The molecule has 0 aromatic carbocycles. The number of rotatable bonds is 4. The molecular formula is C12H19F3N2O3. The summed E-state index contributed by atoms with van der Waals surface area (Å²) >= 11 is 0. The third-order valence-electron chi connectivity index (χ3n) is 3.23. The minimum atomic E-state index is -4.32. The number of hydrogen-bond acceptors (Lipinski definition) is 4. The molecule has 0 bridgehead atoms. The van der Waals surface area contributed by atoms with Crippen molar-refractivity contribution in [3.63, 3.8) is 0 Å². The molecule has 1 amide bonds. The second kappa shape index (κ2) is 6.92. The number of methoxy groups -OCH3 is 1. The predicted molar refractivity (Wildman–Crippen MR) is 64.8 cm³/mol. The highest BCUT2D eigenvalue weighted by Gasteiger charge is 2.36. The van der Waals surface area contributed by atoms with Crippen molar-refractivity contribution in [1.29, 1.82) is 0 Å². The number of halogens is 3. The molecule has 2 atom stereocenters. The molecule has 0 saturated carbocycles. The zero-order valence-electron chi connectivity index (χ0n) is 11.5. The van der Waals surface area contributed by atoms with E-state index in [0.29, 0.717) is 0 Å². The third-order valence-corrected chi connectivity index (χ3v) is 3.23. The van der Waals surface area contributed by atoms with Gasteiger partial charge in [-0.3, -0.25) is 9.59 Å². The molecule has 1 N–H and O–H groups in total. The van der Waals surface area contributed by atoms with Crippen LogP contribution >= 0.6 is 0 Å². The molecule has 0 aromatic rings. The Morgan fingerprint density at radius 1 is 1.35 bits per heavy atom. The van der Waals surface area contributed by atoms with Crippen LogP contribution in [-0.4, -0.2) is 55.7 Å². The van der Waals surface area contributed by atoms with Crippen LogP contribution in [0.1, 0.15) is 19.8 Å². The maximum Gasteiger partial charge on any atom is 0.401 e. The second-order valence-electron chi connectivity index (χ2n) is 4.80. The summed E-state index contributed by atoms with van der Waals surface area (Å²) < 4.78 is 41.3. The standard InChI is InChI=1S/C12H19F3N2O3/c1-3-10(18)17-5-8(11(19)20-2)4-9(6-17)16-7-12(13,14)15/h8-9,16H,3-7H2,1-2H3. The SMILES string of the molecule is CCC(=O)N1CC(NCC(F)(F)F)CC(C(=O)OC)C1. The van der Waals surface area contributed by atoms with Crippen molar-refractivity contribution < 1.29 is 27.5 Å². The number of amides is 1. The number of carbonyl (C=O) groups excluding carboxylic acids is 2. The molecule has 1 aliphatic heterocycles. The Morgan fingerprint density at radius 2 is 2.00 bits per heavy atom. The largest absolute Gasteiger partial charge is 0.469 e. The second-order valence-corrected chi connectivity index (χ2v) is 4.80. The van der Waals surface area contributed by atoms with Crippen LogP contribution in [0.2, 0.25) is 0 Å². The quantitative estimate of drug-likeness (QED) is 0.784. The van der Waals surface area contributed by atoms with Crippen molar-refractivity contribution in [3.8, 4) is 0 Å². The van der Waals surface area contributed by atoms with Crippen LogP contribution in [0.15, 0.2) is 0 Å². The third kappa shape index (κ3) is 4.99. The Labute approximate surface area is 115 Å². The highest BCUT2D eigenvalue weighted by molar-refractivity contribution is 5.78. The van der Waals surface area contributed by atoms with Gasteiger partial charge in [-0.05, 0) is 6.42 Å². The van der Waals surface area contributed by atoms with E-state index >= 15 is 0 Å². The van der Waals surface area contributed by atoms with Crippen molar-refractivity contribution in [3.05, 3.63) is 0 Å². The van der Waals surface area contributed by atoms with E-state index in [1.54, 1.807) is 6.92 Å². The van der Waals surface area contributed by atoms with E-state index < -0.39 is 30.7 Å². The maximum absolute atomic E-state index is 12.2. The number of piperidine rings is 1. The summed E-state index contributed by atoms with van der Waals surface area (Å²) in [5, 5.41) is 2.35. The molecule has 0 aromatic heterocycles. The van der Waals surface area contributed by atoms with E-state index in [0.717, 1.165) is 0 Å². The van der Waals surface area contributed by atoms with E-state index in [2.05, 4.69) is 10.1 Å². The van der Waals surface area contributed by atoms with Crippen LogP contribution in [0.25, 0.3) is 0 Å². The van der Waals surface area contributed by atoms with Gasteiger partial charge in [0.2, 0.25) is 5.91 Å². The Kier molecular flexibility index (Phi) is 5.79. The normalized spacial score (nSPS) is 23.6. The maximum atomic E-state index is 12.2. The molecule has 1 fully saturated rings. The molecule has 20 heavy (non-hydrogen) atoms. The van der Waals surface area contributed by atoms with E-state index in [1.165, 1.54) is 12.0 Å². The van der Waals surface area contributed by atoms with Crippen molar-refractivity contribution in [2.24, 2.45) is 5.92 Å². The monoisotopic (exact) mass is 296 g/mol. The number of alkyl halides is 3. The lowest BCUT2D eigenvalue weighted by Gasteiger charge is -2.37. The zero-order valence-corrected chi connectivity index (χ0v) is 11.5. The first-order valence-corrected chi connectivity index (χ1v) is 6.42. The minimum absolute atomic E-state index is 0.177. The van der Waals surface area contributed by atoms with Gasteiger partial charge in [0.05, 0.1) is 19.6 Å². The van der Waals surface area contributed by atoms with E-state index in [4.69, 9.17) is 0 Å². The fraction of sp³-hybridized carbons (Fsp3) is 0.833.